The second-order valence-electron chi connectivity index (χ2n) is 7.45. The van der Waals surface area contributed by atoms with Crippen LogP contribution in [0.5, 0.6) is 0 Å². The van der Waals surface area contributed by atoms with E-state index in [2.05, 4.69) is 27.8 Å². The number of nitrogens with zero attached hydrogens (tertiary/aromatic N) is 5. The molecule has 1 unspecified atom stereocenters. The predicted octanol–water partition coefficient (Wildman–Crippen LogP) is 5.58. The van der Waals surface area contributed by atoms with Crippen LogP contribution in [0.25, 0.3) is 33.7 Å². The molecule has 0 aromatic carbocycles. The zero-order valence-corrected chi connectivity index (χ0v) is 18.3. The van der Waals surface area contributed by atoms with Gasteiger partial charge in [0.05, 0.1) is 22.4 Å². The standard InChI is InChI=1S/C23H22BrN5O/c1-2-16-6-5-7-20(26-16)23-17(14-29(28-23)22-8-3-4-11-30-22)18-9-10-19-21(27-18)12-15(24)13-25-19/h5-7,9-10,12-14,22H,2-4,8,11H2,1H3. The van der Waals surface area contributed by atoms with Crippen LogP contribution in [0.1, 0.15) is 38.1 Å². The molecule has 5 rings (SSSR count). The minimum Gasteiger partial charge on any atom is -0.357 e. The van der Waals surface area contributed by atoms with Crippen molar-refractivity contribution in [3.8, 4) is 22.6 Å². The van der Waals surface area contributed by atoms with E-state index in [1.165, 1.54) is 0 Å². The number of fused-ring (bicyclic) bond motifs is 1. The highest BCUT2D eigenvalue weighted by Gasteiger charge is 2.22. The third-order valence-corrected chi connectivity index (χ3v) is 5.81. The fourth-order valence-corrected chi connectivity index (χ4v) is 4.11. The Kier molecular flexibility index (Phi) is 5.31. The smallest absolute Gasteiger partial charge is 0.150 e. The van der Waals surface area contributed by atoms with Crippen molar-refractivity contribution < 1.29 is 4.74 Å². The zero-order chi connectivity index (χ0) is 20.5. The molecule has 0 bridgehead atoms. The molecule has 0 spiro atoms. The van der Waals surface area contributed by atoms with Gasteiger partial charge in [-0.15, -0.1) is 0 Å². The van der Waals surface area contributed by atoms with Gasteiger partial charge in [-0.2, -0.15) is 5.10 Å². The summed E-state index contributed by atoms with van der Waals surface area (Å²) in [5.74, 6) is 0. The Morgan fingerprint density at radius 2 is 2.03 bits per heavy atom. The second kappa shape index (κ2) is 8.24. The first-order valence-corrected chi connectivity index (χ1v) is 11.1. The van der Waals surface area contributed by atoms with Gasteiger partial charge in [-0.1, -0.05) is 13.0 Å². The van der Waals surface area contributed by atoms with Crippen LogP contribution in [0.15, 0.2) is 53.3 Å². The molecule has 1 saturated heterocycles. The molecular formula is C23H22BrN5O. The fraction of sp³-hybridized carbons (Fsp3) is 0.304. The highest BCUT2D eigenvalue weighted by atomic mass is 79.9. The van der Waals surface area contributed by atoms with Gasteiger partial charge in [0.2, 0.25) is 0 Å². The maximum absolute atomic E-state index is 5.98. The number of rotatable bonds is 4. The van der Waals surface area contributed by atoms with Gasteiger partial charge in [-0.3, -0.25) is 9.97 Å². The SMILES string of the molecule is CCc1cccc(-c2nn(C3CCCCO3)cc2-c2ccc3ncc(Br)cc3n2)n1. The Labute approximate surface area is 183 Å². The molecule has 152 valence electrons. The summed E-state index contributed by atoms with van der Waals surface area (Å²) >= 11 is 3.49. The average Bonchev–Trinajstić information content (AvgIpc) is 3.25. The predicted molar refractivity (Wildman–Crippen MR) is 120 cm³/mol. The quantitative estimate of drug-likeness (QED) is 0.395. The Hall–Kier alpha value is -2.64. The van der Waals surface area contributed by atoms with Crippen LogP contribution < -0.4 is 0 Å². The number of halogens is 1. The Balaban J connectivity index is 1.66. The lowest BCUT2D eigenvalue weighted by molar-refractivity contribution is -0.0393. The number of aromatic nitrogens is 5. The Bertz CT molecular complexity index is 1200. The lowest BCUT2D eigenvalue weighted by Gasteiger charge is -2.22. The number of pyridine rings is 3. The number of ether oxygens (including phenoxy) is 1. The zero-order valence-electron chi connectivity index (χ0n) is 16.8. The first-order valence-electron chi connectivity index (χ1n) is 10.3. The largest absolute Gasteiger partial charge is 0.357 e. The second-order valence-corrected chi connectivity index (χ2v) is 8.36. The molecule has 30 heavy (non-hydrogen) atoms. The van der Waals surface area contributed by atoms with Crippen LogP contribution in [-0.2, 0) is 11.2 Å². The van der Waals surface area contributed by atoms with Gasteiger partial charge < -0.3 is 4.74 Å². The molecule has 4 aromatic rings. The molecule has 1 atom stereocenters. The molecule has 0 amide bonds. The van der Waals surface area contributed by atoms with Gasteiger partial charge in [0.25, 0.3) is 0 Å². The van der Waals surface area contributed by atoms with Crippen molar-refractivity contribution in [3.05, 3.63) is 59.0 Å². The van der Waals surface area contributed by atoms with Crippen molar-refractivity contribution >= 4 is 27.0 Å². The minimum absolute atomic E-state index is 0.0446. The topological polar surface area (TPSA) is 65.7 Å². The molecule has 0 aliphatic carbocycles. The molecule has 1 fully saturated rings. The highest BCUT2D eigenvalue weighted by molar-refractivity contribution is 9.10. The third-order valence-electron chi connectivity index (χ3n) is 5.37. The van der Waals surface area contributed by atoms with E-state index >= 15 is 0 Å². The monoisotopic (exact) mass is 463 g/mol. The van der Waals surface area contributed by atoms with E-state index in [4.69, 9.17) is 19.8 Å². The van der Waals surface area contributed by atoms with Gasteiger partial charge >= 0.3 is 0 Å². The van der Waals surface area contributed by atoms with Crippen molar-refractivity contribution in [2.75, 3.05) is 6.61 Å². The van der Waals surface area contributed by atoms with Crippen LogP contribution in [0.4, 0.5) is 0 Å². The summed E-state index contributed by atoms with van der Waals surface area (Å²) in [4.78, 5) is 14.1. The minimum atomic E-state index is -0.0446. The van der Waals surface area contributed by atoms with Gasteiger partial charge in [0, 0.05) is 34.7 Å². The van der Waals surface area contributed by atoms with Crippen molar-refractivity contribution in [1.82, 2.24) is 24.7 Å². The fourth-order valence-electron chi connectivity index (χ4n) is 3.79. The maximum atomic E-state index is 5.98. The Morgan fingerprint density at radius 1 is 1.10 bits per heavy atom. The summed E-state index contributed by atoms with van der Waals surface area (Å²) in [6.45, 7) is 2.88. The molecule has 1 aliphatic rings. The van der Waals surface area contributed by atoms with Gasteiger partial charge in [-0.25, -0.2) is 9.67 Å². The van der Waals surface area contributed by atoms with Crippen LogP contribution in [0, 0.1) is 0 Å². The summed E-state index contributed by atoms with van der Waals surface area (Å²) in [7, 11) is 0. The molecule has 6 nitrogen and oxygen atoms in total. The molecule has 5 heterocycles. The molecule has 0 radical (unpaired) electrons. The van der Waals surface area contributed by atoms with Gasteiger partial charge in [-0.05, 0) is 71.9 Å². The average molecular weight is 464 g/mol. The molecule has 7 heteroatoms. The number of hydrogen-bond donors (Lipinski definition) is 0. The van der Waals surface area contributed by atoms with Crippen LogP contribution in [-0.4, -0.2) is 31.3 Å². The van der Waals surface area contributed by atoms with E-state index in [1.54, 1.807) is 6.20 Å². The summed E-state index contributed by atoms with van der Waals surface area (Å²) < 4.78 is 8.82. The first-order chi connectivity index (χ1) is 14.7. The third kappa shape index (κ3) is 3.75. The van der Waals surface area contributed by atoms with Crippen molar-refractivity contribution in [2.24, 2.45) is 0 Å². The van der Waals surface area contributed by atoms with Crippen LogP contribution >= 0.6 is 15.9 Å². The van der Waals surface area contributed by atoms with E-state index in [-0.39, 0.29) is 6.23 Å². The van der Waals surface area contributed by atoms with Crippen molar-refractivity contribution in [1.29, 1.82) is 0 Å². The lowest BCUT2D eigenvalue weighted by Crippen LogP contribution is -2.18. The summed E-state index contributed by atoms with van der Waals surface area (Å²) in [6, 6.07) is 12.1. The van der Waals surface area contributed by atoms with E-state index < -0.39 is 0 Å². The molecule has 0 saturated carbocycles. The Morgan fingerprint density at radius 3 is 2.87 bits per heavy atom. The molecule has 4 aromatic heterocycles. The molecule has 0 N–H and O–H groups in total. The summed E-state index contributed by atoms with van der Waals surface area (Å²) in [5.41, 5.74) is 6.22. The molecule has 1 aliphatic heterocycles. The van der Waals surface area contributed by atoms with E-state index in [9.17, 15) is 0 Å². The summed E-state index contributed by atoms with van der Waals surface area (Å²) in [5, 5.41) is 4.92. The number of aryl methyl sites for hydroxylation is 1. The van der Waals surface area contributed by atoms with Crippen LogP contribution in [0.3, 0.4) is 0 Å². The van der Waals surface area contributed by atoms with Gasteiger partial charge in [0.15, 0.2) is 0 Å². The highest BCUT2D eigenvalue weighted by Crippen LogP contribution is 2.33. The van der Waals surface area contributed by atoms with Crippen LogP contribution in [0.2, 0.25) is 0 Å². The van der Waals surface area contributed by atoms with E-state index in [0.717, 1.165) is 76.1 Å². The number of hydrogen-bond acceptors (Lipinski definition) is 5. The normalized spacial score (nSPS) is 16.8. The lowest BCUT2D eigenvalue weighted by atomic mass is 10.1. The maximum Gasteiger partial charge on any atom is 0.150 e. The van der Waals surface area contributed by atoms with E-state index in [1.807, 2.05) is 47.3 Å². The van der Waals surface area contributed by atoms with Crippen molar-refractivity contribution in [3.63, 3.8) is 0 Å². The van der Waals surface area contributed by atoms with Crippen molar-refractivity contribution in [2.45, 2.75) is 38.8 Å². The van der Waals surface area contributed by atoms with Gasteiger partial charge in [0.1, 0.15) is 11.9 Å². The first kappa shape index (κ1) is 19.3. The van der Waals surface area contributed by atoms with E-state index in [0.29, 0.717) is 0 Å². The summed E-state index contributed by atoms with van der Waals surface area (Å²) in [6.07, 6.45) is 7.88. The molecular weight excluding hydrogens is 442 g/mol.